The second-order valence-corrected chi connectivity index (χ2v) is 5.73. The summed E-state index contributed by atoms with van der Waals surface area (Å²) in [5, 5.41) is 2.12. The first-order chi connectivity index (χ1) is 6.82. The molecule has 1 aliphatic heterocycles. The first-order valence-corrected chi connectivity index (χ1v) is 5.92. The monoisotopic (exact) mass is 212 g/mol. The number of nitrogens with one attached hydrogen (secondary N) is 1. The summed E-state index contributed by atoms with van der Waals surface area (Å²) in [6, 6.07) is 0.917. The van der Waals surface area contributed by atoms with Gasteiger partial charge >= 0.3 is 0 Å². The van der Waals surface area contributed by atoms with Crippen molar-refractivity contribution in [2.24, 2.45) is 5.41 Å². The lowest BCUT2D eigenvalue weighted by Crippen LogP contribution is -2.56. The first-order valence-electron chi connectivity index (χ1n) is 5.92. The molecule has 3 nitrogen and oxygen atoms in total. The van der Waals surface area contributed by atoms with E-state index in [1.807, 2.05) is 20.8 Å². The van der Waals surface area contributed by atoms with Crippen LogP contribution in [0.2, 0.25) is 0 Å². The summed E-state index contributed by atoms with van der Waals surface area (Å²) >= 11 is 0. The van der Waals surface area contributed by atoms with Crippen molar-refractivity contribution in [1.29, 1.82) is 0 Å². The predicted octanol–water partition coefficient (Wildman–Crippen LogP) is 2.33. The summed E-state index contributed by atoms with van der Waals surface area (Å²) in [6.07, 6.45) is 3.62. The third-order valence-corrected chi connectivity index (χ3v) is 3.11. The number of rotatable bonds is 1. The number of carbonyl (C=O) groups excluding carboxylic acids is 1. The molecule has 2 atom stereocenters. The molecule has 1 heterocycles. The molecule has 0 aromatic carbocycles. The molecule has 0 spiro atoms. The lowest BCUT2D eigenvalue weighted by atomic mass is 9.95. The number of hydrogen-bond donors (Lipinski definition) is 1. The van der Waals surface area contributed by atoms with Gasteiger partial charge in [-0.1, -0.05) is 27.2 Å². The maximum Gasteiger partial charge on any atom is 0.239 e. The molecule has 0 aliphatic carbocycles. The number of amides is 1. The predicted molar refractivity (Wildman–Crippen MR) is 62.2 cm³/mol. The molecule has 0 unspecified atom stereocenters. The molecule has 0 aromatic rings. The van der Waals surface area contributed by atoms with Crippen molar-refractivity contribution in [1.82, 2.24) is 10.4 Å². The van der Waals surface area contributed by atoms with Gasteiger partial charge in [0.15, 0.2) is 0 Å². The van der Waals surface area contributed by atoms with Crippen LogP contribution in [0.15, 0.2) is 0 Å². The second kappa shape index (κ2) is 4.52. The van der Waals surface area contributed by atoms with Crippen LogP contribution in [0.4, 0.5) is 0 Å². The van der Waals surface area contributed by atoms with E-state index in [9.17, 15) is 4.79 Å². The molecular weight excluding hydrogens is 188 g/mol. The Balaban J connectivity index is 2.59. The number of nitrogens with zero attached hydrogens (tertiary/aromatic N) is 1. The van der Waals surface area contributed by atoms with Gasteiger partial charge in [0.25, 0.3) is 0 Å². The van der Waals surface area contributed by atoms with Crippen molar-refractivity contribution in [3.63, 3.8) is 0 Å². The minimum absolute atomic E-state index is 0.114. The van der Waals surface area contributed by atoms with E-state index in [0.29, 0.717) is 12.1 Å². The number of hydrogen-bond acceptors (Lipinski definition) is 2. The second-order valence-electron chi connectivity index (χ2n) is 5.73. The Morgan fingerprint density at radius 2 is 1.67 bits per heavy atom. The fourth-order valence-electron chi connectivity index (χ4n) is 1.93. The van der Waals surface area contributed by atoms with E-state index >= 15 is 0 Å². The molecule has 0 radical (unpaired) electrons. The van der Waals surface area contributed by atoms with Gasteiger partial charge in [0.2, 0.25) is 5.91 Å². The highest BCUT2D eigenvalue weighted by atomic mass is 16.2. The van der Waals surface area contributed by atoms with Crippen LogP contribution in [-0.2, 0) is 4.79 Å². The van der Waals surface area contributed by atoms with Crippen molar-refractivity contribution in [3.8, 4) is 0 Å². The molecule has 1 N–H and O–H groups in total. The summed E-state index contributed by atoms with van der Waals surface area (Å²) in [7, 11) is 0. The summed E-state index contributed by atoms with van der Waals surface area (Å²) < 4.78 is 0. The van der Waals surface area contributed by atoms with E-state index in [2.05, 4.69) is 24.3 Å². The lowest BCUT2D eigenvalue weighted by molar-refractivity contribution is -0.137. The Labute approximate surface area is 93.2 Å². The van der Waals surface area contributed by atoms with Crippen molar-refractivity contribution in [2.45, 2.75) is 66.0 Å². The highest BCUT2D eigenvalue weighted by Gasteiger charge is 2.29. The van der Waals surface area contributed by atoms with Gasteiger partial charge < -0.3 is 0 Å². The van der Waals surface area contributed by atoms with Crippen molar-refractivity contribution < 1.29 is 4.79 Å². The Kier molecular flexibility index (Phi) is 3.77. The van der Waals surface area contributed by atoms with Crippen LogP contribution in [0, 0.1) is 5.41 Å². The fraction of sp³-hybridized carbons (Fsp3) is 0.917. The molecule has 0 aromatic heterocycles. The van der Waals surface area contributed by atoms with Crippen LogP contribution >= 0.6 is 0 Å². The van der Waals surface area contributed by atoms with Crippen molar-refractivity contribution >= 4 is 5.91 Å². The highest BCUT2D eigenvalue weighted by Crippen LogP contribution is 2.21. The van der Waals surface area contributed by atoms with Gasteiger partial charge in [-0.25, -0.2) is 5.01 Å². The maximum absolute atomic E-state index is 11.9. The van der Waals surface area contributed by atoms with Crippen molar-refractivity contribution in [3.05, 3.63) is 0 Å². The van der Waals surface area contributed by atoms with Crippen LogP contribution in [0.5, 0.6) is 0 Å². The van der Waals surface area contributed by atoms with Gasteiger partial charge in [0.05, 0.1) is 0 Å². The van der Waals surface area contributed by atoms with Crippen LogP contribution in [0.3, 0.4) is 0 Å². The van der Waals surface area contributed by atoms with E-state index < -0.39 is 0 Å². The first kappa shape index (κ1) is 12.5. The highest BCUT2D eigenvalue weighted by molar-refractivity contribution is 5.80. The topological polar surface area (TPSA) is 32.3 Å². The molecule has 3 heteroatoms. The minimum atomic E-state index is -0.309. The Morgan fingerprint density at radius 1 is 1.20 bits per heavy atom. The van der Waals surface area contributed by atoms with Crippen LogP contribution < -0.4 is 5.43 Å². The zero-order valence-corrected chi connectivity index (χ0v) is 10.6. The number of hydrazine groups is 1. The Morgan fingerprint density at radius 3 is 2.07 bits per heavy atom. The molecule has 1 saturated heterocycles. The molecule has 1 rings (SSSR count). The van der Waals surface area contributed by atoms with E-state index in [1.54, 1.807) is 0 Å². The lowest BCUT2D eigenvalue weighted by Gasteiger charge is -2.40. The smallest absolute Gasteiger partial charge is 0.239 e. The maximum atomic E-state index is 11.9. The van der Waals surface area contributed by atoms with E-state index in [0.717, 1.165) is 0 Å². The quantitative estimate of drug-likeness (QED) is 0.723. The van der Waals surface area contributed by atoms with Crippen molar-refractivity contribution in [2.75, 3.05) is 0 Å². The van der Waals surface area contributed by atoms with Crippen LogP contribution in [-0.4, -0.2) is 23.0 Å². The largest absolute Gasteiger partial charge is 0.288 e. The minimum Gasteiger partial charge on any atom is -0.288 e. The van der Waals surface area contributed by atoms with Gasteiger partial charge in [-0.15, -0.1) is 0 Å². The summed E-state index contributed by atoms with van der Waals surface area (Å²) in [5.41, 5.74) is 2.74. The van der Waals surface area contributed by atoms with Gasteiger partial charge in [-0.05, 0) is 26.7 Å². The van der Waals surface area contributed by atoms with Crippen LogP contribution in [0.1, 0.15) is 53.9 Å². The number of piperidine rings is 1. The SMILES string of the molecule is C[C@@H]1CCC[C@@H](C)N1NC(=O)C(C)(C)C. The molecule has 0 saturated carbocycles. The molecule has 0 bridgehead atoms. The third-order valence-electron chi connectivity index (χ3n) is 3.11. The van der Waals surface area contributed by atoms with E-state index in [1.165, 1.54) is 19.3 Å². The Bertz CT molecular complexity index is 222. The standard InChI is InChI=1S/C12H24N2O/c1-9-7-6-8-10(2)14(9)13-11(15)12(3,4)5/h9-10H,6-8H2,1-5H3,(H,13,15)/t9-,10-/m1/s1. The zero-order valence-electron chi connectivity index (χ0n) is 10.6. The average molecular weight is 212 g/mol. The summed E-state index contributed by atoms with van der Waals surface area (Å²) in [6.45, 7) is 10.2. The Hall–Kier alpha value is -0.570. The van der Waals surface area contributed by atoms with Crippen LogP contribution in [0.25, 0.3) is 0 Å². The zero-order chi connectivity index (χ0) is 11.6. The molecule has 88 valence electrons. The fourth-order valence-corrected chi connectivity index (χ4v) is 1.93. The normalized spacial score (nSPS) is 28.9. The third kappa shape index (κ3) is 3.20. The summed E-state index contributed by atoms with van der Waals surface area (Å²) in [4.78, 5) is 11.9. The molecule has 1 amide bonds. The molecule has 1 aliphatic rings. The number of carbonyl (C=O) groups is 1. The summed E-state index contributed by atoms with van der Waals surface area (Å²) in [5.74, 6) is 0.114. The van der Waals surface area contributed by atoms with Gasteiger partial charge in [-0.2, -0.15) is 0 Å². The van der Waals surface area contributed by atoms with Gasteiger partial charge in [0, 0.05) is 17.5 Å². The molecule has 15 heavy (non-hydrogen) atoms. The van der Waals surface area contributed by atoms with E-state index in [-0.39, 0.29) is 11.3 Å². The molecular formula is C12H24N2O. The average Bonchev–Trinajstić information content (AvgIpc) is 2.09. The van der Waals surface area contributed by atoms with E-state index in [4.69, 9.17) is 0 Å². The molecule has 1 fully saturated rings. The van der Waals surface area contributed by atoms with Gasteiger partial charge in [-0.3, -0.25) is 10.2 Å². The van der Waals surface area contributed by atoms with Gasteiger partial charge in [0.1, 0.15) is 0 Å².